The zero-order valence-electron chi connectivity index (χ0n) is 11.9. The van der Waals surface area contributed by atoms with Gasteiger partial charge >= 0.3 is 117 Å². The Bertz CT molecular complexity index is 450. The Labute approximate surface area is 117 Å². The second-order valence-electron chi connectivity index (χ2n) is 5.60. The third-order valence-corrected chi connectivity index (χ3v) is 11.8. The molecule has 0 amide bonds. The third kappa shape index (κ3) is 2.36. The van der Waals surface area contributed by atoms with Crippen LogP contribution >= 0.6 is 0 Å². The van der Waals surface area contributed by atoms with E-state index in [0.717, 1.165) is 0 Å². The fourth-order valence-electron chi connectivity index (χ4n) is 2.83. The van der Waals surface area contributed by atoms with Crippen LogP contribution in [0.15, 0.2) is 40.1 Å². The molecule has 0 spiro atoms. The Hall–Kier alpha value is -0.170. The van der Waals surface area contributed by atoms with Crippen molar-refractivity contribution >= 4 is 0 Å². The molecule has 0 aromatic heterocycles. The van der Waals surface area contributed by atoms with Crippen LogP contribution in [0.3, 0.4) is 0 Å². The molecule has 0 N–H and O–H groups in total. The molecule has 0 radical (unpaired) electrons. The summed E-state index contributed by atoms with van der Waals surface area (Å²) in [6, 6.07) is 0. The first-order chi connectivity index (χ1) is 7.91. The predicted molar refractivity (Wildman–Crippen MR) is 71.4 cm³/mol. The van der Waals surface area contributed by atoms with Crippen LogP contribution in [0.25, 0.3) is 0 Å². The van der Waals surface area contributed by atoms with Gasteiger partial charge in [-0.3, -0.25) is 0 Å². The molecule has 0 heterocycles. The van der Waals surface area contributed by atoms with Crippen molar-refractivity contribution in [1.29, 1.82) is 0 Å². The summed E-state index contributed by atoms with van der Waals surface area (Å²) in [6.45, 7) is 14.0. The molecule has 0 atom stereocenters. The molecule has 90 valence electrons. The van der Waals surface area contributed by atoms with Crippen LogP contribution < -0.4 is 0 Å². The first-order valence-electron chi connectivity index (χ1n) is 6.41. The van der Waals surface area contributed by atoms with Crippen molar-refractivity contribution in [2.75, 3.05) is 0 Å². The van der Waals surface area contributed by atoms with Gasteiger partial charge in [-0.25, -0.2) is 0 Å². The van der Waals surface area contributed by atoms with E-state index in [2.05, 4.69) is 41.5 Å². The molecule has 17 heavy (non-hydrogen) atoms. The van der Waals surface area contributed by atoms with Crippen LogP contribution in [0.5, 0.6) is 0 Å². The molecule has 2 rings (SSSR count). The van der Waals surface area contributed by atoms with Crippen LogP contribution in [0, 0.1) is 0 Å². The van der Waals surface area contributed by atoms with E-state index in [1.54, 1.807) is 40.1 Å². The Morgan fingerprint density at radius 2 is 0.941 bits per heavy atom. The molecule has 2 aliphatic carbocycles. The van der Waals surface area contributed by atoms with Gasteiger partial charge in [0.05, 0.1) is 0 Å². The van der Waals surface area contributed by atoms with Crippen molar-refractivity contribution in [1.82, 2.24) is 0 Å². The van der Waals surface area contributed by atoms with E-state index in [9.17, 15) is 0 Å². The van der Waals surface area contributed by atoms with Gasteiger partial charge < -0.3 is 0 Å². The molecule has 0 bridgehead atoms. The number of hydrogen-bond donors (Lipinski definition) is 0. The normalized spacial score (nSPS) is 21.3. The van der Waals surface area contributed by atoms with Gasteiger partial charge in [0.25, 0.3) is 0 Å². The monoisotopic (exact) mass is 394 g/mol. The summed E-state index contributed by atoms with van der Waals surface area (Å²) in [6.07, 6.45) is 2.48. The summed E-state index contributed by atoms with van der Waals surface area (Å²) >= 11 is -0.807. The molecular formula is C16H22Hf. The van der Waals surface area contributed by atoms with Crippen LogP contribution in [0.2, 0.25) is 0 Å². The van der Waals surface area contributed by atoms with E-state index in [0.29, 0.717) is 0 Å². The second-order valence-corrected chi connectivity index (χ2v) is 10.1. The van der Waals surface area contributed by atoms with Crippen molar-refractivity contribution in [3.05, 3.63) is 40.1 Å². The molecule has 1 heteroatoms. The SMILES string of the molecule is CC1=C(C)[C]([Hf][C]2=C(C)CC(C)=C2C)=C(C)C1. The average Bonchev–Trinajstić information content (AvgIpc) is 2.62. The van der Waals surface area contributed by atoms with Gasteiger partial charge in [0, 0.05) is 0 Å². The van der Waals surface area contributed by atoms with E-state index in [1.807, 2.05) is 0 Å². The van der Waals surface area contributed by atoms with E-state index in [1.165, 1.54) is 12.8 Å². The Morgan fingerprint density at radius 1 is 0.588 bits per heavy atom. The van der Waals surface area contributed by atoms with Crippen molar-refractivity contribution in [2.45, 2.75) is 54.4 Å². The Kier molecular flexibility index (Phi) is 3.77. The zero-order valence-corrected chi connectivity index (χ0v) is 15.5. The third-order valence-electron chi connectivity index (χ3n) is 4.19. The topological polar surface area (TPSA) is 0 Å². The molecule has 0 aliphatic heterocycles. The standard InChI is InChI=1S/2C8H11.Hf/c2*1-6-4-7(2)8(3)5-6;/h2*4H2,1-3H3;. The first-order valence-corrected chi connectivity index (χ1v) is 10.0. The number of allylic oxidation sites excluding steroid dienone is 8. The van der Waals surface area contributed by atoms with Crippen LogP contribution in [0.4, 0.5) is 0 Å². The number of rotatable bonds is 2. The quantitative estimate of drug-likeness (QED) is 0.574. The van der Waals surface area contributed by atoms with Crippen molar-refractivity contribution in [2.24, 2.45) is 0 Å². The summed E-state index contributed by atoms with van der Waals surface area (Å²) in [4.78, 5) is 0. The minimum absolute atomic E-state index is 0.807. The average molecular weight is 393 g/mol. The van der Waals surface area contributed by atoms with E-state index in [4.69, 9.17) is 0 Å². The van der Waals surface area contributed by atoms with E-state index < -0.39 is 22.9 Å². The molecule has 0 aromatic carbocycles. The van der Waals surface area contributed by atoms with Crippen molar-refractivity contribution in [3.63, 3.8) is 0 Å². The Balaban J connectivity index is 2.30. The maximum absolute atomic E-state index is 2.35. The van der Waals surface area contributed by atoms with Gasteiger partial charge in [0.1, 0.15) is 0 Å². The van der Waals surface area contributed by atoms with Crippen molar-refractivity contribution < 1.29 is 22.9 Å². The fraction of sp³-hybridized carbons (Fsp3) is 0.500. The summed E-state index contributed by atoms with van der Waals surface area (Å²) in [5.74, 6) is 0. The summed E-state index contributed by atoms with van der Waals surface area (Å²) in [5.41, 5.74) is 9.81. The van der Waals surface area contributed by atoms with Crippen LogP contribution in [-0.2, 0) is 22.9 Å². The Morgan fingerprint density at radius 3 is 1.18 bits per heavy atom. The van der Waals surface area contributed by atoms with Crippen molar-refractivity contribution in [3.8, 4) is 0 Å². The molecule has 0 saturated heterocycles. The maximum atomic E-state index is 2.35. The van der Waals surface area contributed by atoms with Gasteiger partial charge in [-0.05, 0) is 0 Å². The molecule has 0 saturated carbocycles. The number of hydrogen-bond acceptors (Lipinski definition) is 0. The predicted octanol–water partition coefficient (Wildman–Crippen LogP) is 5.10. The fourth-order valence-corrected chi connectivity index (χ4v) is 8.78. The molecule has 2 aliphatic rings. The summed E-state index contributed by atoms with van der Waals surface area (Å²) in [7, 11) is 0. The molecular weight excluding hydrogens is 371 g/mol. The van der Waals surface area contributed by atoms with Crippen LogP contribution in [0.1, 0.15) is 54.4 Å². The summed E-state index contributed by atoms with van der Waals surface area (Å²) in [5, 5.41) is 0. The molecule has 0 aromatic rings. The minimum atomic E-state index is -0.807. The van der Waals surface area contributed by atoms with Crippen LogP contribution in [-0.4, -0.2) is 0 Å². The molecule has 0 fully saturated rings. The zero-order chi connectivity index (χ0) is 12.7. The van der Waals surface area contributed by atoms with Gasteiger partial charge in [0.15, 0.2) is 0 Å². The van der Waals surface area contributed by atoms with Gasteiger partial charge in [0.2, 0.25) is 0 Å². The van der Waals surface area contributed by atoms with Gasteiger partial charge in [-0.1, -0.05) is 0 Å². The first kappa shape index (κ1) is 13.3. The van der Waals surface area contributed by atoms with Gasteiger partial charge in [-0.15, -0.1) is 0 Å². The molecule has 0 unspecified atom stereocenters. The summed E-state index contributed by atoms with van der Waals surface area (Å²) < 4.78 is 3.59. The second kappa shape index (κ2) is 4.84. The van der Waals surface area contributed by atoms with E-state index >= 15 is 0 Å². The molecule has 0 nitrogen and oxygen atoms in total. The van der Waals surface area contributed by atoms with E-state index in [-0.39, 0.29) is 0 Å². The van der Waals surface area contributed by atoms with Gasteiger partial charge in [-0.2, -0.15) is 0 Å².